The molecule has 0 fully saturated rings. The molecule has 1 aromatic rings. The van der Waals surface area contributed by atoms with Crippen LogP contribution in [0, 0.1) is 0 Å². The highest BCUT2D eigenvalue weighted by Crippen LogP contribution is 2.00. The van der Waals surface area contributed by atoms with E-state index in [4.69, 9.17) is 5.11 Å². The van der Waals surface area contributed by atoms with Crippen molar-refractivity contribution in [1.29, 1.82) is 0 Å². The Morgan fingerprint density at radius 1 is 1.62 bits per heavy atom. The number of amides is 1. The summed E-state index contributed by atoms with van der Waals surface area (Å²) in [5, 5.41) is 14.7. The van der Waals surface area contributed by atoms with Gasteiger partial charge in [-0.25, -0.2) is 0 Å². The Balaban J connectivity index is 2.19. The standard InChI is InChI=1S/C7H11N3O2S/c11-4-2-1-3-8-7(12)6-5-9-10-13-6/h5,11H,1-4H2,(H,8,12). The van der Waals surface area contributed by atoms with E-state index in [0.29, 0.717) is 17.8 Å². The molecule has 0 aliphatic carbocycles. The average molecular weight is 201 g/mol. The summed E-state index contributed by atoms with van der Waals surface area (Å²) in [5.74, 6) is -0.145. The number of nitrogens with zero attached hydrogens (tertiary/aromatic N) is 2. The Kier molecular flexibility index (Phi) is 4.34. The molecule has 1 rings (SSSR count). The summed E-state index contributed by atoms with van der Waals surface area (Å²) in [6.45, 7) is 0.745. The number of unbranched alkanes of at least 4 members (excludes halogenated alkanes) is 1. The molecule has 0 saturated carbocycles. The Bertz CT molecular complexity index is 250. The average Bonchev–Trinajstić information content (AvgIpc) is 2.65. The van der Waals surface area contributed by atoms with E-state index in [2.05, 4.69) is 14.9 Å². The number of aromatic nitrogens is 2. The molecule has 13 heavy (non-hydrogen) atoms. The summed E-state index contributed by atoms with van der Waals surface area (Å²) in [6.07, 6.45) is 2.93. The molecule has 1 heterocycles. The predicted octanol–water partition coefficient (Wildman–Crippen LogP) is 0.0404. The van der Waals surface area contributed by atoms with Gasteiger partial charge in [-0.1, -0.05) is 4.49 Å². The van der Waals surface area contributed by atoms with E-state index in [-0.39, 0.29) is 12.5 Å². The Morgan fingerprint density at radius 2 is 2.46 bits per heavy atom. The third-order valence-corrected chi connectivity index (χ3v) is 2.12. The Hall–Kier alpha value is -1.01. The molecule has 0 unspecified atom stereocenters. The van der Waals surface area contributed by atoms with Crippen molar-refractivity contribution in [3.05, 3.63) is 11.1 Å². The predicted molar refractivity (Wildman–Crippen MR) is 48.6 cm³/mol. The van der Waals surface area contributed by atoms with E-state index in [0.717, 1.165) is 18.0 Å². The molecule has 0 aliphatic rings. The van der Waals surface area contributed by atoms with E-state index < -0.39 is 0 Å². The van der Waals surface area contributed by atoms with Crippen LogP contribution in [-0.4, -0.2) is 33.8 Å². The largest absolute Gasteiger partial charge is 0.396 e. The van der Waals surface area contributed by atoms with Gasteiger partial charge in [0.15, 0.2) is 0 Å². The summed E-state index contributed by atoms with van der Waals surface area (Å²) in [6, 6.07) is 0. The molecule has 0 aliphatic heterocycles. The number of rotatable bonds is 5. The number of carbonyl (C=O) groups is 1. The van der Waals surface area contributed by atoms with Crippen molar-refractivity contribution in [3.63, 3.8) is 0 Å². The minimum Gasteiger partial charge on any atom is -0.396 e. The van der Waals surface area contributed by atoms with Crippen molar-refractivity contribution >= 4 is 17.4 Å². The minimum atomic E-state index is -0.145. The molecule has 2 N–H and O–H groups in total. The normalized spacial score (nSPS) is 9.92. The minimum absolute atomic E-state index is 0.145. The van der Waals surface area contributed by atoms with Gasteiger partial charge < -0.3 is 10.4 Å². The van der Waals surface area contributed by atoms with Gasteiger partial charge in [-0.2, -0.15) is 0 Å². The smallest absolute Gasteiger partial charge is 0.264 e. The van der Waals surface area contributed by atoms with Gasteiger partial charge in [0, 0.05) is 13.2 Å². The number of aliphatic hydroxyl groups is 1. The van der Waals surface area contributed by atoms with Gasteiger partial charge in [-0.15, -0.1) is 5.10 Å². The maximum Gasteiger partial charge on any atom is 0.264 e. The first-order valence-corrected chi connectivity index (χ1v) is 4.78. The van der Waals surface area contributed by atoms with Crippen LogP contribution in [0.4, 0.5) is 0 Å². The Morgan fingerprint density at radius 3 is 3.08 bits per heavy atom. The molecular formula is C7H11N3O2S. The number of hydrogen-bond donors (Lipinski definition) is 2. The summed E-state index contributed by atoms with van der Waals surface area (Å²) >= 11 is 1.07. The molecule has 0 bridgehead atoms. The third kappa shape index (κ3) is 3.47. The summed E-state index contributed by atoms with van der Waals surface area (Å²) in [7, 11) is 0. The zero-order valence-corrected chi connectivity index (χ0v) is 7.88. The zero-order chi connectivity index (χ0) is 9.52. The highest BCUT2D eigenvalue weighted by molar-refractivity contribution is 7.07. The maximum atomic E-state index is 11.2. The van der Waals surface area contributed by atoms with Crippen molar-refractivity contribution in [1.82, 2.24) is 14.9 Å². The number of nitrogens with one attached hydrogen (secondary N) is 1. The fourth-order valence-electron chi connectivity index (χ4n) is 0.793. The molecule has 72 valence electrons. The van der Waals surface area contributed by atoms with Gasteiger partial charge in [0.05, 0.1) is 6.20 Å². The monoisotopic (exact) mass is 201 g/mol. The van der Waals surface area contributed by atoms with Crippen LogP contribution in [-0.2, 0) is 0 Å². The highest BCUT2D eigenvalue weighted by Gasteiger charge is 2.06. The molecule has 1 amide bonds. The lowest BCUT2D eigenvalue weighted by molar-refractivity contribution is 0.0956. The second-order valence-corrected chi connectivity index (χ2v) is 3.25. The van der Waals surface area contributed by atoms with Crippen LogP contribution in [0.2, 0.25) is 0 Å². The molecule has 1 aromatic heterocycles. The first-order valence-electron chi connectivity index (χ1n) is 4.01. The van der Waals surface area contributed by atoms with Gasteiger partial charge >= 0.3 is 0 Å². The van der Waals surface area contributed by atoms with Crippen molar-refractivity contribution in [2.24, 2.45) is 0 Å². The van der Waals surface area contributed by atoms with Crippen molar-refractivity contribution in [2.75, 3.05) is 13.2 Å². The highest BCUT2D eigenvalue weighted by atomic mass is 32.1. The molecule has 6 heteroatoms. The first kappa shape index (κ1) is 10.1. The second-order valence-electron chi connectivity index (χ2n) is 2.47. The topological polar surface area (TPSA) is 75.1 Å². The van der Waals surface area contributed by atoms with E-state index in [1.165, 1.54) is 6.20 Å². The second kappa shape index (κ2) is 5.60. The number of aliphatic hydroxyl groups excluding tert-OH is 1. The van der Waals surface area contributed by atoms with E-state index in [1.54, 1.807) is 0 Å². The van der Waals surface area contributed by atoms with E-state index in [9.17, 15) is 4.79 Å². The quantitative estimate of drug-likeness (QED) is 0.659. The third-order valence-electron chi connectivity index (χ3n) is 1.46. The maximum absolute atomic E-state index is 11.2. The van der Waals surface area contributed by atoms with Crippen LogP contribution in [0.5, 0.6) is 0 Å². The lowest BCUT2D eigenvalue weighted by Gasteiger charge is -2.00. The van der Waals surface area contributed by atoms with Crippen LogP contribution in [0.3, 0.4) is 0 Å². The van der Waals surface area contributed by atoms with Gasteiger partial charge in [-0.05, 0) is 24.4 Å². The van der Waals surface area contributed by atoms with Gasteiger partial charge in [-0.3, -0.25) is 4.79 Å². The molecular weight excluding hydrogens is 190 g/mol. The van der Waals surface area contributed by atoms with Crippen molar-refractivity contribution < 1.29 is 9.90 Å². The summed E-state index contributed by atoms with van der Waals surface area (Å²) < 4.78 is 3.58. The van der Waals surface area contributed by atoms with Crippen LogP contribution in [0.15, 0.2) is 6.20 Å². The number of hydrogen-bond acceptors (Lipinski definition) is 5. The molecule has 0 saturated heterocycles. The molecule has 0 atom stereocenters. The van der Waals surface area contributed by atoms with E-state index in [1.807, 2.05) is 0 Å². The van der Waals surface area contributed by atoms with Gasteiger partial charge in [0.2, 0.25) is 0 Å². The van der Waals surface area contributed by atoms with Gasteiger partial charge in [0.25, 0.3) is 5.91 Å². The van der Waals surface area contributed by atoms with E-state index >= 15 is 0 Å². The fourth-order valence-corrected chi connectivity index (χ4v) is 1.22. The zero-order valence-electron chi connectivity index (χ0n) is 7.06. The summed E-state index contributed by atoms with van der Waals surface area (Å²) in [4.78, 5) is 11.7. The van der Waals surface area contributed by atoms with Crippen LogP contribution in [0.1, 0.15) is 22.5 Å². The first-order chi connectivity index (χ1) is 6.34. The molecule has 0 radical (unpaired) electrons. The lowest BCUT2D eigenvalue weighted by atomic mass is 10.3. The van der Waals surface area contributed by atoms with Crippen LogP contribution < -0.4 is 5.32 Å². The Labute approximate surface area is 80.0 Å². The molecule has 0 aromatic carbocycles. The SMILES string of the molecule is O=C(NCCCCO)c1cnns1. The summed E-state index contributed by atoms with van der Waals surface area (Å²) in [5.41, 5.74) is 0. The number of carbonyl (C=O) groups excluding carboxylic acids is 1. The molecule has 5 nitrogen and oxygen atoms in total. The molecule has 0 spiro atoms. The van der Waals surface area contributed by atoms with Crippen molar-refractivity contribution in [3.8, 4) is 0 Å². The fraction of sp³-hybridized carbons (Fsp3) is 0.571. The van der Waals surface area contributed by atoms with Crippen LogP contribution >= 0.6 is 11.5 Å². The lowest BCUT2D eigenvalue weighted by Crippen LogP contribution is -2.23. The van der Waals surface area contributed by atoms with Crippen molar-refractivity contribution in [2.45, 2.75) is 12.8 Å². The van der Waals surface area contributed by atoms with Crippen LogP contribution in [0.25, 0.3) is 0 Å². The van der Waals surface area contributed by atoms with Gasteiger partial charge in [0.1, 0.15) is 4.88 Å².